The van der Waals surface area contributed by atoms with Crippen LogP contribution in [0.3, 0.4) is 0 Å². The van der Waals surface area contributed by atoms with Crippen molar-refractivity contribution in [1.29, 1.82) is 0 Å². The lowest BCUT2D eigenvalue weighted by Gasteiger charge is -2.11. The first-order valence-corrected chi connectivity index (χ1v) is 15.7. The molecule has 1 aromatic carbocycles. The molecule has 3 heteroatoms. The van der Waals surface area contributed by atoms with Crippen LogP contribution in [0.1, 0.15) is 165 Å². The highest BCUT2D eigenvalue weighted by Crippen LogP contribution is 2.20. The molecule has 0 bridgehead atoms. The van der Waals surface area contributed by atoms with Crippen LogP contribution in [0.5, 0.6) is 5.75 Å². The number of carbonyl (C=O) groups excluding carboxylic acids is 1. The molecule has 0 aliphatic carbocycles. The molecule has 0 N–H and O–H groups in total. The highest BCUT2D eigenvalue weighted by molar-refractivity contribution is 5.92. The van der Waals surface area contributed by atoms with Crippen LogP contribution in [0.2, 0.25) is 0 Å². The van der Waals surface area contributed by atoms with Gasteiger partial charge in [0, 0.05) is 0 Å². The van der Waals surface area contributed by atoms with Gasteiger partial charge in [0.2, 0.25) is 0 Å². The SMILES string of the molecule is CCCCCCCCCCCCCCCCCCOC(=O)c1ccccc1OCCCCCCCC. The average Bonchev–Trinajstić information content (AvgIpc) is 2.90. The fourth-order valence-corrected chi connectivity index (χ4v) is 4.72. The number of hydrogen-bond donors (Lipinski definition) is 0. The predicted octanol–water partition coefficient (Wildman–Crippen LogP) is 10.8. The smallest absolute Gasteiger partial charge is 0.341 e. The second-order valence-corrected chi connectivity index (χ2v) is 10.6. The molecule has 0 atom stereocenters. The van der Waals surface area contributed by atoms with Gasteiger partial charge in [0.15, 0.2) is 0 Å². The summed E-state index contributed by atoms with van der Waals surface area (Å²) in [5.74, 6) is 0.400. The Morgan fingerprint density at radius 1 is 0.528 bits per heavy atom. The van der Waals surface area contributed by atoms with Crippen LogP contribution in [0, 0.1) is 0 Å². The van der Waals surface area contributed by atoms with Crippen molar-refractivity contribution < 1.29 is 14.3 Å². The first-order chi connectivity index (χ1) is 17.8. The van der Waals surface area contributed by atoms with Gasteiger partial charge in [0.05, 0.1) is 13.2 Å². The molecule has 1 rings (SSSR count). The molecule has 0 amide bonds. The van der Waals surface area contributed by atoms with Crippen molar-refractivity contribution >= 4 is 5.97 Å². The Hall–Kier alpha value is -1.51. The van der Waals surface area contributed by atoms with Gasteiger partial charge in [-0.15, -0.1) is 0 Å². The first kappa shape index (κ1) is 32.5. The fourth-order valence-electron chi connectivity index (χ4n) is 4.72. The van der Waals surface area contributed by atoms with Crippen molar-refractivity contribution in [3.63, 3.8) is 0 Å². The second-order valence-electron chi connectivity index (χ2n) is 10.6. The van der Waals surface area contributed by atoms with E-state index in [4.69, 9.17) is 9.47 Å². The van der Waals surface area contributed by atoms with E-state index in [-0.39, 0.29) is 5.97 Å². The fraction of sp³-hybridized carbons (Fsp3) is 0.788. The molecule has 0 aromatic heterocycles. The summed E-state index contributed by atoms with van der Waals surface area (Å²) in [6, 6.07) is 7.49. The lowest BCUT2D eigenvalue weighted by atomic mass is 10.0. The van der Waals surface area contributed by atoms with Gasteiger partial charge in [-0.3, -0.25) is 0 Å². The average molecular weight is 503 g/mol. The lowest BCUT2D eigenvalue weighted by Crippen LogP contribution is -2.09. The van der Waals surface area contributed by atoms with Crippen molar-refractivity contribution in [3.8, 4) is 5.75 Å². The van der Waals surface area contributed by atoms with Gasteiger partial charge in [0.1, 0.15) is 11.3 Å². The largest absolute Gasteiger partial charge is 0.493 e. The standard InChI is InChI=1S/C33H58O3/c1-3-5-7-9-11-12-13-14-15-16-17-18-19-20-22-26-30-36-33(34)31-27-23-24-28-32(31)35-29-25-21-10-8-6-4-2/h23-24,27-28H,3-22,25-26,29-30H2,1-2H3. The zero-order valence-corrected chi connectivity index (χ0v) is 24.0. The zero-order valence-electron chi connectivity index (χ0n) is 24.0. The summed E-state index contributed by atoms with van der Waals surface area (Å²) in [4.78, 5) is 12.5. The van der Waals surface area contributed by atoms with E-state index in [2.05, 4.69) is 13.8 Å². The van der Waals surface area contributed by atoms with Crippen LogP contribution < -0.4 is 4.74 Å². The van der Waals surface area contributed by atoms with E-state index in [0.29, 0.717) is 24.5 Å². The van der Waals surface area contributed by atoms with Crippen molar-refractivity contribution in [3.05, 3.63) is 29.8 Å². The molecule has 0 fully saturated rings. The van der Waals surface area contributed by atoms with Crippen molar-refractivity contribution in [2.45, 2.75) is 155 Å². The molecular formula is C33H58O3. The number of ether oxygens (including phenoxy) is 2. The van der Waals surface area contributed by atoms with Crippen LogP contribution in [-0.4, -0.2) is 19.2 Å². The Bertz CT molecular complexity index is 613. The van der Waals surface area contributed by atoms with Crippen LogP contribution >= 0.6 is 0 Å². The summed E-state index contributed by atoms with van der Waals surface area (Å²) >= 11 is 0. The number of para-hydroxylation sites is 1. The van der Waals surface area contributed by atoms with E-state index in [1.54, 1.807) is 0 Å². The first-order valence-electron chi connectivity index (χ1n) is 15.7. The van der Waals surface area contributed by atoms with Gasteiger partial charge in [-0.25, -0.2) is 4.79 Å². The number of rotatable bonds is 26. The molecule has 3 nitrogen and oxygen atoms in total. The second kappa shape index (κ2) is 25.2. The summed E-state index contributed by atoms with van der Waals surface area (Å²) < 4.78 is 11.4. The minimum atomic E-state index is -0.255. The Labute approximate surface area is 224 Å². The van der Waals surface area contributed by atoms with Crippen LogP contribution in [0.25, 0.3) is 0 Å². The van der Waals surface area contributed by atoms with E-state index < -0.39 is 0 Å². The molecule has 36 heavy (non-hydrogen) atoms. The van der Waals surface area contributed by atoms with Crippen molar-refractivity contribution in [2.24, 2.45) is 0 Å². The van der Waals surface area contributed by atoms with Crippen LogP contribution in [0.15, 0.2) is 24.3 Å². The minimum Gasteiger partial charge on any atom is -0.493 e. The zero-order chi connectivity index (χ0) is 25.9. The Balaban J connectivity index is 1.97. The minimum absolute atomic E-state index is 0.255. The summed E-state index contributed by atoms with van der Waals surface area (Å²) in [5, 5.41) is 0. The maximum Gasteiger partial charge on any atom is 0.341 e. The molecule has 0 aliphatic heterocycles. The maximum atomic E-state index is 12.5. The number of carbonyl (C=O) groups is 1. The third kappa shape index (κ3) is 18.7. The highest BCUT2D eigenvalue weighted by Gasteiger charge is 2.13. The monoisotopic (exact) mass is 502 g/mol. The molecule has 208 valence electrons. The van der Waals surface area contributed by atoms with Crippen LogP contribution in [0.4, 0.5) is 0 Å². The highest BCUT2D eigenvalue weighted by atomic mass is 16.5. The van der Waals surface area contributed by atoms with Crippen molar-refractivity contribution in [2.75, 3.05) is 13.2 Å². The number of benzene rings is 1. The van der Waals surface area contributed by atoms with E-state index in [1.165, 1.54) is 122 Å². The number of hydrogen-bond acceptors (Lipinski definition) is 3. The molecule has 0 heterocycles. The quantitative estimate of drug-likeness (QED) is 0.0933. The summed E-state index contributed by atoms with van der Waals surface area (Å²) in [6.45, 7) is 5.69. The molecule has 1 aromatic rings. The van der Waals surface area contributed by atoms with E-state index in [1.807, 2.05) is 24.3 Å². The van der Waals surface area contributed by atoms with Gasteiger partial charge in [-0.2, -0.15) is 0 Å². The Morgan fingerprint density at radius 2 is 0.917 bits per heavy atom. The van der Waals surface area contributed by atoms with E-state index in [9.17, 15) is 4.79 Å². The topological polar surface area (TPSA) is 35.5 Å². The van der Waals surface area contributed by atoms with Gasteiger partial charge in [-0.1, -0.05) is 154 Å². The van der Waals surface area contributed by atoms with Crippen LogP contribution in [-0.2, 0) is 4.74 Å². The summed E-state index contributed by atoms with van der Waals surface area (Å²) in [7, 11) is 0. The van der Waals surface area contributed by atoms with Gasteiger partial charge in [-0.05, 0) is 25.0 Å². The molecule has 0 spiro atoms. The lowest BCUT2D eigenvalue weighted by molar-refractivity contribution is 0.0493. The predicted molar refractivity (Wildman–Crippen MR) is 155 cm³/mol. The molecule has 0 aliphatic rings. The third-order valence-electron chi connectivity index (χ3n) is 7.09. The number of esters is 1. The third-order valence-corrected chi connectivity index (χ3v) is 7.09. The van der Waals surface area contributed by atoms with Gasteiger partial charge in [0.25, 0.3) is 0 Å². The van der Waals surface area contributed by atoms with Gasteiger partial charge >= 0.3 is 5.97 Å². The molecule has 0 saturated heterocycles. The molecular weight excluding hydrogens is 444 g/mol. The summed E-state index contributed by atoms with van der Waals surface area (Å²) in [6.07, 6.45) is 28.9. The van der Waals surface area contributed by atoms with E-state index >= 15 is 0 Å². The Morgan fingerprint density at radius 3 is 1.39 bits per heavy atom. The molecule has 0 radical (unpaired) electrons. The van der Waals surface area contributed by atoms with Crippen molar-refractivity contribution in [1.82, 2.24) is 0 Å². The summed E-state index contributed by atoms with van der Waals surface area (Å²) in [5.41, 5.74) is 0.556. The number of unbranched alkanes of at least 4 members (excludes halogenated alkanes) is 20. The Kier molecular flexibility index (Phi) is 22.7. The molecule has 0 saturated carbocycles. The van der Waals surface area contributed by atoms with Gasteiger partial charge < -0.3 is 9.47 Å². The van der Waals surface area contributed by atoms with E-state index in [0.717, 1.165) is 19.3 Å². The maximum absolute atomic E-state index is 12.5. The molecule has 0 unspecified atom stereocenters. The normalized spacial score (nSPS) is 11.1.